The second kappa shape index (κ2) is 11.7. The molecule has 2 rings (SSSR count). The van der Waals surface area contributed by atoms with Gasteiger partial charge in [0, 0.05) is 25.8 Å². The van der Waals surface area contributed by atoms with Crippen molar-refractivity contribution in [3.63, 3.8) is 0 Å². The van der Waals surface area contributed by atoms with E-state index in [9.17, 15) is 0 Å². The molecule has 1 aromatic heterocycles. The summed E-state index contributed by atoms with van der Waals surface area (Å²) in [5.74, 6) is 1.66. The van der Waals surface area contributed by atoms with Gasteiger partial charge >= 0.3 is 0 Å². The summed E-state index contributed by atoms with van der Waals surface area (Å²) in [6, 6.07) is 14.3. The monoisotopic (exact) mass is 454 g/mol. The van der Waals surface area contributed by atoms with Crippen molar-refractivity contribution in [1.29, 1.82) is 0 Å². The Kier molecular flexibility index (Phi) is 9.91. The quantitative estimate of drug-likeness (QED) is 0.380. The Labute approximate surface area is 167 Å². The van der Waals surface area contributed by atoms with Gasteiger partial charge in [-0.25, -0.2) is 0 Å². The molecule has 1 heterocycles. The molecule has 0 radical (unpaired) electrons. The minimum Gasteiger partial charge on any atom is -0.487 e. The first-order valence-corrected chi connectivity index (χ1v) is 8.30. The lowest BCUT2D eigenvalue weighted by molar-refractivity contribution is 0.301. The summed E-state index contributed by atoms with van der Waals surface area (Å²) in [4.78, 5) is 8.48. The molecule has 0 saturated carbocycles. The maximum atomic E-state index is 5.74. The summed E-state index contributed by atoms with van der Waals surface area (Å²) in [6.07, 6.45) is 2.83. The van der Waals surface area contributed by atoms with Crippen LogP contribution >= 0.6 is 24.0 Å². The lowest BCUT2D eigenvalue weighted by atomic mass is 10.2. The number of rotatable bonds is 7. The Morgan fingerprint density at radius 2 is 1.96 bits per heavy atom. The lowest BCUT2D eigenvalue weighted by Crippen LogP contribution is -2.41. The predicted molar refractivity (Wildman–Crippen MR) is 114 cm³/mol. The molecule has 0 aliphatic rings. The van der Waals surface area contributed by atoms with Gasteiger partial charge in [-0.05, 0) is 43.2 Å². The van der Waals surface area contributed by atoms with Crippen LogP contribution in [0.4, 0.5) is 0 Å². The first-order chi connectivity index (χ1) is 11.7. The number of ether oxygens (including phenoxy) is 1. The number of pyridine rings is 1. The maximum absolute atomic E-state index is 5.74. The number of nitrogens with one attached hydrogen (secondary N) is 2. The van der Waals surface area contributed by atoms with Crippen LogP contribution in [-0.2, 0) is 13.2 Å². The first kappa shape index (κ1) is 21.2. The number of aliphatic imine (C=N–C) groups is 1. The molecule has 0 spiro atoms. The Balaban J connectivity index is 0.00000312. The number of nitrogens with zero attached hydrogens (tertiary/aromatic N) is 2. The third-order valence-corrected chi connectivity index (χ3v) is 3.72. The molecule has 0 amide bonds. The van der Waals surface area contributed by atoms with Gasteiger partial charge in [0.05, 0.1) is 5.69 Å². The minimum absolute atomic E-state index is 0. The number of benzene rings is 1. The van der Waals surface area contributed by atoms with Crippen molar-refractivity contribution < 1.29 is 4.74 Å². The van der Waals surface area contributed by atoms with Gasteiger partial charge < -0.3 is 15.4 Å². The van der Waals surface area contributed by atoms with E-state index in [0.717, 1.165) is 30.4 Å². The van der Waals surface area contributed by atoms with E-state index in [4.69, 9.17) is 4.74 Å². The number of hydrogen-bond acceptors (Lipinski definition) is 3. The van der Waals surface area contributed by atoms with Crippen molar-refractivity contribution >= 4 is 29.9 Å². The normalized spacial score (nSPS) is 12.0. The van der Waals surface area contributed by atoms with E-state index in [-0.39, 0.29) is 24.0 Å². The third kappa shape index (κ3) is 7.72. The van der Waals surface area contributed by atoms with Gasteiger partial charge in [-0.3, -0.25) is 9.98 Å². The van der Waals surface area contributed by atoms with Crippen molar-refractivity contribution in [3.05, 3.63) is 59.9 Å². The maximum Gasteiger partial charge on any atom is 0.191 e. The van der Waals surface area contributed by atoms with Crippen molar-refractivity contribution in [2.45, 2.75) is 39.5 Å². The van der Waals surface area contributed by atoms with Crippen LogP contribution in [0.1, 0.15) is 31.5 Å². The molecule has 25 heavy (non-hydrogen) atoms. The fraction of sp³-hybridized carbons (Fsp3) is 0.368. The highest BCUT2D eigenvalue weighted by molar-refractivity contribution is 14.0. The Morgan fingerprint density at radius 3 is 2.56 bits per heavy atom. The first-order valence-electron chi connectivity index (χ1n) is 8.30. The molecule has 5 nitrogen and oxygen atoms in total. The van der Waals surface area contributed by atoms with E-state index < -0.39 is 0 Å². The second-order valence-electron chi connectivity index (χ2n) is 5.63. The van der Waals surface area contributed by atoms with Gasteiger partial charge in [0.2, 0.25) is 0 Å². The highest BCUT2D eigenvalue weighted by atomic mass is 127. The molecule has 1 aromatic carbocycles. The van der Waals surface area contributed by atoms with Gasteiger partial charge in [-0.1, -0.05) is 25.1 Å². The molecule has 6 heteroatoms. The summed E-state index contributed by atoms with van der Waals surface area (Å²) in [6.45, 7) is 5.48. The molecule has 0 aliphatic carbocycles. The Morgan fingerprint density at radius 1 is 1.20 bits per heavy atom. The molecule has 2 N–H and O–H groups in total. The van der Waals surface area contributed by atoms with Crippen molar-refractivity contribution in [2.75, 3.05) is 7.05 Å². The van der Waals surface area contributed by atoms with E-state index in [2.05, 4.69) is 46.6 Å². The van der Waals surface area contributed by atoms with E-state index >= 15 is 0 Å². The van der Waals surface area contributed by atoms with Gasteiger partial charge in [0.15, 0.2) is 5.96 Å². The van der Waals surface area contributed by atoms with Gasteiger partial charge in [-0.15, -0.1) is 24.0 Å². The van der Waals surface area contributed by atoms with E-state index in [1.807, 2.05) is 30.3 Å². The Hall–Kier alpha value is -1.83. The van der Waals surface area contributed by atoms with Crippen LogP contribution in [0.15, 0.2) is 53.7 Å². The largest absolute Gasteiger partial charge is 0.487 e. The molecular formula is C19H27IN4O. The van der Waals surface area contributed by atoms with Crippen molar-refractivity contribution in [3.8, 4) is 5.75 Å². The second-order valence-corrected chi connectivity index (χ2v) is 5.63. The smallest absolute Gasteiger partial charge is 0.191 e. The van der Waals surface area contributed by atoms with Crippen LogP contribution in [0.3, 0.4) is 0 Å². The van der Waals surface area contributed by atoms with E-state index in [1.54, 1.807) is 13.2 Å². The van der Waals surface area contributed by atoms with Crippen LogP contribution in [0.5, 0.6) is 5.75 Å². The Bertz CT molecular complexity index is 632. The molecule has 1 atom stereocenters. The molecule has 2 aromatic rings. The average molecular weight is 454 g/mol. The molecular weight excluding hydrogens is 427 g/mol. The van der Waals surface area contributed by atoms with Crippen LogP contribution in [0.2, 0.25) is 0 Å². The molecule has 1 unspecified atom stereocenters. The average Bonchev–Trinajstić information content (AvgIpc) is 2.64. The fourth-order valence-electron chi connectivity index (χ4n) is 2.06. The summed E-state index contributed by atoms with van der Waals surface area (Å²) in [5, 5.41) is 6.66. The predicted octanol–water partition coefficient (Wildman–Crippen LogP) is 3.74. The zero-order valence-corrected chi connectivity index (χ0v) is 17.4. The zero-order valence-electron chi connectivity index (χ0n) is 15.0. The van der Waals surface area contributed by atoms with Crippen LogP contribution in [0.25, 0.3) is 0 Å². The summed E-state index contributed by atoms with van der Waals surface area (Å²) >= 11 is 0. The molecule has 0 bridgehead atoms. The van der Waals surface area contributed by atoms with Crippen LogP contribution < -0.4 is 15.4 Å². The molecule has 0 aliphatic heterocycles. The van der Waals surface area contributed by atoms with Gasteiger partial charge in [0.25, 0.3) is 0 Å². The van der Waals surface area contributed by atoms with E-state index in [1.165, 1.54) is 5.56 Å². The van der Waals surface area contributed by atoms with Gasteiger partial charge in [-0.2, -0.15) is 0 Å². The molecule has 0 fully saturated rings. The minimum atomic E-state index is 0. The molecule has 136 valence electrons. The highest BCUT2D eigenvalue weighted by Crippen LogP contribution is 2.13. The topological polar surface area (TPSA) is 58.5 Å². The number of hydrogen-bond donors (Lipinski definition) is 2. The highest BCUT2D eigenvalue weighted by Gasteiger charge is 2.03. The number of aromatic nitrogens is 1. The standard InChI is InChI=1S/C19H26N4O.HI/c1-4-15(2)23-19(20-3)22-13-16-8-10-18(11-9-16)24-14-17-7-5-6-12-21-17;/h5-12,15H,4,13-14H2,1-3H3,(H2,20,22,23);1H. The van der Waals surface area contributed by atoms with Crippen LogP contribution in [0, 0.1) is 0 Å². The lowest BCUT2D eigenvalue weighted by Gasteiger charge is -2.16. The third-order valence-electron chi connectivity index (χ3n) is 3.72. The zero-order chi connectivity index (χ0) is 17.2. The van der Waals surface area contributed by atoms with Crippen molar-refractivity contribution in [1.82, 2.24) is 15.6 Å². The summed E-state index contributed by atoms with van der Waals surface area (Å²) < 4.78 is 5.74. The van der Waals surface area contributed by atoms with E-state index in [0.29, 0.717) is 12.6 Å². The SMILES string of the molecule is CCC(C)NC(=NC)NCc1ccc(OCc2ccccn2)cc1.I. The van der Waals surface area contributed by atoms with Crippen LogP contribution in [-0.4, -0.2) is 24.0 Å². The molecule has 0 saturated heterocycles. The fourth-order valence-corrected chi connectivity index (χ4v) is 2.06. The summed E-state index contributed by atoms with van der Waals surface area (Å²) in [5.41, 5.74) is 2.09. The van der Waals surface area contributed by atoms with Gasteiger partial charge in [0.1, 0.15) is 12.4 Å². The number of guanidine groups is 1. The summed E-state index contributed by atoms with van der Waals surface area (Å²) in [7, 11) is 1.78. The van der Waals surface area contributed by atoms with Crippen molar-refractivity contribution in [2.24, 2.45) is 4.99 Å². The number of halogens is 1.